The van der Waals surface area contributed by atoms with Crippen LogP contribution >= 0.6 is 11.8 Å². The van der Waals surface area contributed by atoms with E-state index in [1.54, 1.807) is 14.2 Å². The molecule has 0 amide bonds. The van der Waals surface area contributed by atoms with Crippen LogP contribution < -0.4 is 16.4 Å². The third-order valence-electron chi connectivity index (χ3n) is 2.22. The van der Waals surface area contributed by atoms with Crippen LogP contribution in [-0.4, -0.2) is 58.5 Å². The van der Waals surface area contributed by atoms with Crippen LogP contribution in [0.3, 0.4) is 0 Å². The fourth-order valence-electron chi connectivity index (χ4n) is 1.26. The minimum absolute atomic E-state index is 0.362. The first-order chi connectivity index (χ1) is 9.04. The van der Waals surface area contributed by atoms with Crippen molar-refractivity contribution in [2.24, 2.45) is 7.05 Å². The average Bonchev–Trinajstić information content (AvgIpc) is 2.37. The molecular formula is C10H18N4O4S. The van der Waals surface area contributed by atoms with Gasteiger partial charge in [-0.3, -0.25) is 19.4 Å². The van der Waals surface area contributed by atoms with Crippen molar-refractivity contribution in [2.75, 3.05) is 32.6 Å². The SMILES string of the molecule is COCCNCC(O)CSc1nc(=O)c(=O)[nH]n1C. The molecule has 1 heterocycles. The van der Waals surface area contributed by atoms with Crippen LogP contribution in [0.25, 0.3) is 0 Å². The van der Waals surface area contributed by atoms with Crippen molar-refractivity contribution < 1.29 is 9.84 Å². The maximum absolute atomic E-state index is 11.1. The first-order valence-corrected chi connectivity index (χ1v) is 6.71. The first-order valence-electron chi connectivity index (χ1n) is 5.72. The van der Waals surface area contributed by atoms with Crippen LogP contribution in [0.1, 0.15) is 0 Å². The summed E-state index contributed by atoms with van der Waals surface area (Å²) in [6, 6.07) is 0. The van der Waals surface area contributed by atoms with Crippen LogP contribution in [0.15, 0.2) is 14.7 Å². The average molecular weight is 290 g/mol. The molecule has 108 valence electrons. The topological polar surface area (TPSA) is 109 Å². The van der Waals surface area contributed by atoms with E-state index in [0.29, 0.717) is 30.6 Å². The fraction of sp³-hybridized carbons (Fsp3) is 0.700. The molecule has 1 aromatic rings. The number of hydrogen-bond donors (Lipinski definition) is 3. The van der Waals surface area contributed by atoms with Gasteiger partial charge in [-0.05, 0) is 0 Å². The number of nitrogens with one attached hydrogen (secondary N) is 2. The molecule has 0 bridgehead atoms. The monoisotopic (exact) mass is 290 g/mol. The molecule has 0 saturated carbocycles. The van der Waals surface area contributed by atoms with Gasteiger partial charge in [0, 0.05) is 33.0 Å². The Morgan fingerprint density at radius 1 is 1.58 bits per heavy atom. The number of aromatic nitrogens is 3. The lowest BCUT2D eigenvalue weighted by molar-refractivity contribution is 0.175. The molecule has 19 heavy (non-hydrogen) atoms. The maximum atomic E-state index is 11.1. The third-order valence-corrected chi connectivity index (χ3v) is 3.39. The van der Waals surface area contributed by atoms with Gasteiger partial charge in [0.25, 0.3) is 0 Å². The van der Waals surface area contributed by atoms with Crippen molar-refractivity contribution in [2.45, 2.75) is 11.3 Å². The second-order valence-electron chi connectivity index (χ2n) is 3.86. The normalized spacial score (nSPS) is 12.6. The van der Waals surface area contributed by atoms with E-state index in [9.17, 15) is 14.7 Å². The Balaban J connectivity index is 2.42. The lowest BCUT2D eigenvalue weighted by Crippen LogP contribution is -2.34. The van der Waals surface area contributed by atoms with Gasteiger partial charge in [0.2, 0.25) is 0 Å². The number of rotatable bonds is 8. The fourth-order valence-corrected chi connectivity index (χ4v) is 2.11. The third kappa shape index (κ3) is 5.55. The number of nitrogens with zero attached hydrogens (tertiary/aromatic N) is 2. The Labute approximate surface area is 114 Å². The van der Waals surface area contributed by atoms with E-state index >= 15 is 0 Å². The van der Waals surface area contributed by atoms with Gasteiger partial charge >= 0.3 is 11.1 Å². The number of aliphatic hydroxyl groups is 1. The minimum atomic E-state index is -0.826. The zero-order chi connectivity index (χ0) is 14.3. The summed E-state index contributed by atoms with van der Waals surface area (Å²) in [6.07, 6.45) is -0.578. The van der Waals surface area contributed by atoms with E-state index in [1.807, 2.05) is 0 Å². The highest BCUT2D eigenvalue weighted by Crippen LogP contribution is 2.12. The van der Waals surface area contributed by atoms with E-state index in [2.05, 4.69) is 15.4 Å². The lowest BCUT2D eigenvalue weighted by Gasteiger charge is -2.12. The van der Waals surface area contributed by atoms with E-state index in [4.69, 9.17) is 4.74 Å². The molecule has 0 fully saturated rings. The molecule has 1 atom stereocenters. The Bertz CT molecular complexity index is 501. The molecule has 9 heteroatoms. The minimum Gasteiger partial charge on any atom is -0.391 e. The predicted molar refractivity (Wildman–Crippen MR) is 71.6 cm³/mol. The van der Waals surface area contributed by atoms with Gasteiger partial charge < -0.3 is 15.2 Å². The van der Waals surface area contributed by atoms with E-state index in [-0.39, 0.29) is 0 Å². The van der Waals surface area contributed by atoms with Crippen molar-refractivity contribution >= 4 is 11.8 Å². The van der Waals surface area contributed by atoms with Crippen LogP contribution in [0.2, 0.25) is 0 Å². The summed E-state index contributed by atoms with van der Waals surface area (Å²) in [5.74, 6) is 0.367. The van der Waals surface area contributed by atoms with Gasteiger partial charge in [0.1, 0.15) is 0 Å². The standard InChI is InChI=1S/C10H18N4O4S/c1-14-10(12-8(16)9(17)13-14)19-6-7(15)5-11-3-4-18-2/h7,11,15H,3-6H2,1-2H3,(H,13,17). The molecule has 1 rings (SSSR count). The van der Waals surface area contributed by atoms with Gasteiger partial charge in [-0.2, -0.15) is 4.98 Å². The molecule has 0 spiro atoms. The smallest absolute Gasteiger partial charge is 0.339 e. The number of H-pyrrole nitrogens is 1. The highest BCUT2D eigenvalue weighted by molar-refractivity contribution is 7.99. The van der Waals surface area contributed by atoms with Gasteiger partial charge in [-0.25, -0.2) is 0 Å². The highest BCUT2D eigenvalue weighted by Gasteiger charge is 2.09. The molecule has 1 unspecified atom stereocenters. The van der Waals surface area contributed by atoms with Gasteiger partial charge in [-0.1, -0.05) is 11.8 Å². The molecule has 0 saturated heterocycles. The van der Waals surface area contributed by atoms with E-state index in [1.165, 1.54) is 16.4 Å². The van der Waals surface area contributed by atoms with Crippen LogP contribution in [0.4, 0.5) is 0 Å². The van der Waals surface area contributed by atoms with Crippen LogP contribution in [0.5, 0.6) is 0 Å². The van der Waals surface area contributed by atoms with Crippen molar-refractivity contribution in [3.8, 4) is 0 Å². The summed E-state index contributed by atoms with van der Waals surface area (Å²) in [7, 11) is 3.19. The molecule has 0 aromatic carbocycles. The number of thioether (sulfide) groups is 1. The number of aryl methyl sites for hydroxylation is 1. The summed E-state index contributed by atoms with van der Waals surface area (Å²) < 4.78 is 6.22. The zero-order valence-corrected chi connectivity index (χ0v) is 11.7. The molecule has 8 nitrogen and oxygen atoms in total. The Kier molecular flexibility index (Phi) is 6.78. The summed E-state index contributed by atoms with van der Waals surface area (Å²) >= 11 is 1.20. The predicted octanol–water partition coefficient (Wildman–Crippen LogP) is -1.84. The molecule has 0 aliphatic rings. The van der Waals surface area contributed by atoms with Crippen LogP contribution in [0, 0.1) is 0 Å². The summed E-state index contributed by atoms with van der Waals surface area (Å²) in [5.41, 5.74) is -1.58. The zero-order valence-electron chi connectivity index (χ0n) is 10.9. The number of aliphatic hydroxyl groups excluding tert-OH is 1. The van der Waals surface area contributed by atoms with Gasteiger partial charge in [0.05, 0.1) is 12.7 Å². The van der Waals surface area contributed by atoms with Crippen molar-refractivity contribution in [3.63, 3.8) is 0 Å². The molecule has 0 aliphatic heterocycles. The number of hydrogen-bond acceptors (Lipinski definition) is 7. The Morgan fingerprint density at radius 2 is 2.32 bits per heavy atom. The molecule has 0 aliphatic carbocycles. The van der Waals surface area contributed by atoms with Gasteiger partial charge in [0.15, 0.2) is 5.16 Å². The van der Waals surface area contributed by atoms with Crippen molar-refractivity contribution in [1.29, 1.82) is 0 Å². The Hall–Kier alpha value is -1.16. The van der Waals surface area contributed by atoms with Crippen molar-refractivity contribution in [3.05, 3.63) is 20.7 Å². The van der Waals surface area contributed by atoms with Crippen LogP contribution in [-0.2, 0) is 11.8 Å². The molecule has 1 aromatic heterocycles. The lowest BCUT2D eigenvalue weighted by atomic mass is 10.4. The number of aromatic amines is 1. The number of methoxy groups -OCH3 is 1. The van der Waals surface area contributed by atoms with E-state index in [0.717, 1.165) is 0 Å². The van der Waals surface area contributed by atoms with E-state index < -0.39 is 17.2 Å². The second-order valence-corrected chi connectivity index (χ2v) is 4.85. The second kappa shape index (κ2) is 8.10. The largest absolute Gasteiger partial charge is 0.391 e. The number of ether oxygens (including phenoxy) is 1. The summed E-state index contributed by atoms with van der Waals surface area (Å²) in [4.78, 5) is 25.7. The highest BCUT2D eigenvalue weighted by atomic mass is 32.2. The summed E-state index contributed by atoms with van der Waals surface area (Å²) in [6.45, 7) is 1.66. The van der Waals surface area contributed by atoms with Crippen molar-refractivity contribution in [1.82, 2.24) is 20.1 Å². The van der Waals surface area contributed by atoms with Gasteiger partial charge in [-0.15, -0.1) is 0 Å². The Morgan fingerprint density at radius 3 is 3.00 bits per heavy atom. The molecule has 3 N–H and O–H groups in total. The quantitative estimate of drug-likeness (QED) is 0.293. The maximum Gasteiger partial charge on any atom is 0.339 e. The first kappa shape index (κ1) is 15.9. The molecular weight excluding hydrogens is 272 g/mol. The molecule has 0 radical (unpaired) electrons. The summed E-state index contributed by atoms with van der Waals surface area (Å²) in [5, 5.41) is 15.4.